The van der Waals surface area contributed by atoms with Crippen molar-refractivity contribution < 1.29 is 13.9 Å². The van der Waals surface area contributed by atoms with Gasteiger partial charge in [-0.2, -0.15) is 0 Å². The molecule has 0 radical (unpaired) electrons. The van der Waals surface area contributed by atoms with Gasteiger partial charge in [-0.3, -0.25) is 9.79 Å². The highest BCUT2D eigenvalue weighted by atomic mass is 32.2. The molecular formula is C24H22N2O3S2. The van der Waals surface area contributed by atoms with Crippen LogP contribution in [0.5, 0.6) is 5.75 Å². The number of carbonyl (C=O) groups excluding carboxylic acids is 1. The molecule has 5 nitrogen and oxygen atoms in total. The summed E-state index contributed by atoms with van der Waals surface area (Å²) in [6.07, 6.45) is 1.69. The summed E-state index contributed by atoms with van der Waals surface area (Å²) in [5.74, 6) is 1.75. The SMILES string of the molecule is C=Nc1ccccc1-c1ccc(/C=C(/SC=S)C(=O)N(C)c2ccc(OCC)cc2)o1. The molecule has 0 spiro atoms. The Labute approximate surface area is 191 Å². The molecular weight excluding hydrogens is 428 g/mol. The Bertz CT molecular complexity index is 1100. The predicted octanol–water partition coefficient (Wildman–Crippen LogP) is 6.37. The number of carbonyl (C=O) groups is 1. The molecule has 0 bridgehead atoms. The summed E-state index contributed by atoms with van der Waals surface area (Å²) in [6.45, 7) is 6.12. The Morgan fingerprint density at radius 1 is 1.19 bits per heavy atom. The maximum absolute atomic E-state index is 13.1. The number of para-hydroxylation sites is 1. The maximum atomic E-state index is 13.1. The largest absolute Gasteiger partial charge is 0.494 e. The van der Waals surface area contributed by atoms with E-state index in [0.717, 1.165) is 22.7 Å². The molecule has 0 aliphatic rings. The van der Waals surface area contributed by atoms with Gasteiger partial charge in [-0.25, -0.2) is 0 Å². The molecule has 0 atom stereocenters. The lowest BCUT2D eigenvalue weighted by Gasteiger charge is -2.18. The third kappa shape index (κ3) is 5.51. The van der Waals surface area contributed by atoms with Crippen LogP contribution in [0.3, 0.4) is 0 Å². The van der Waals surface area contributed by atoms with E-state index in [4.69, 9.17) is 21.4 Å². The summed E-state index contributed by atoms with van der Waals surface area (Å²) in [5.41, 5.74) is 2.31. The lowest BCUT2D eigenvalue weighted by atomic mass is 10.1. The fraction of sp³-hybridized carbons (Fsp3) is 0.125. The van der Waals surface area contributed by atoms with Gasteiger partial charge < -0.3 is 14.1 Å². The maximum Gasteiger partial charge on any atom is 0.264 e. The number of ether oxygens (including phenoxy) is 1. The lowest BCUT2D eigenvalue weighted by Crippen LogP contribution is -2.26. The Hall–Kier alpha value is -3.16. The number of benzene rings is 2. The molecule has 0 aliphatic carbocycles. The molecule has 1 amide bonds. The summed E-state index contributed by atoms with van der Waals surface area (Å²) in [6, 6.07) is 18.6. The summed E-state index contributed by atoms with van der Waals surface area (Å²) >= 11 is 6.16. The number of aliphatic imine (C=N–C) groups is 1. The van der Waals surface area contributed by atoms with Gasteiger partial charge in [0.15, 0.2) is 0 Å². The van der Waals surface area contributed by atoms with Gasteiger partial charge in [0.1, 0.15) is 17.3 Å². The summed E-state index contributed by atoms with van der Waals surface area (Å²) in [7, 11) is 1.72. The minimum absolute atomic E-state index is 0.193. The van der Waals surface area contributed by atoms with Crippen molar-refractivity contribution in [3.8, 4) is 17.1 Å². The molecule has 0 unspecified atom stereocenters. The molecule has 0 saturated heterocycles. The van der Waals surface area contributed by atoms with Crippen LogP contribution in [0.4, 0.5) is 11.4 Å². The van der Waals surface area contributed by atoms with Gasteiger partial charge in [0.25, 0.3) is 5.91 Å². The van der Waals surface area contributed by atoms with Crippen molar-refractivity contribution in [2.24, 2.45) is 4.99 Å². The zero-order valence-corrected chi connectivity index (χ0v) is 18.9. The van der Waals surface area contributed by atoms with E-state index in [1.807, 2.05) is 67.6 Å². The van der Waals surface area contributed by atoms with Crippen molar-refractivity contribution in [2.45, 2.75) is 6.92 Å². The van der Waals surface area contributed by atoms with Crippen LogP contribution >= 0.6 is 24.0 Å². The molecule has 2 aromatic carbocycles. The molecule has 0 N–H and O–H groups in total. The summed E-state index contributed by atoms with van der Waals surface area (Å²) in [5, 5.41) is 0. The van der Waals surface area contributed by atoms with Gasteiger partial charge in [0, 0.05) is 29.1 Å². The zero-order valence-electron chi connectivity index (χ0n) is 17.3. The van der Waals surface area contributed by atoms with Gasteiger partial charge >= 0.3 is 0 Å². The first-order chi connectivity index (χ1) is 15.1. The van der Waals surface area contributed by atoms with Crippen LogP contribution < -0.4 is 9.64 Å². The van der Waals surface area contributed by atoms with Crippen molar-refractivity contribution in [1.82, 2.24) is 0 Å². The van der Waals surface area contributed by atoms with Crippen LogP contribution in [0.2, 0.25) is 0 Å². The fourth-order valence-electron chi connectivity index (χ4n) is 2.94. The third-order valence-corrected chi connectivity index (χ3v) is 5.40. The summed E-state index contributed by atoms with van der Waals surface area (Å²) in [4.78, 5) is 19.1. The van der Waals surface area contributed by atoms with Crippen molar-refractivity contribution in [1.29, 1.82) is 0 Å². The van der Waals surface area contributed by atoms with Crippen LogP contribution in [0.15, 0.2) is 75.0 Å². The van der Waals surface area contributed by atoms with Crippen LogP contribution in [-0.2, 0) is 4.79 Å². The van der Waals surface area contributed by atoms with Crippen molar-refractivity contribution in [3.63, 3.8) is 0 Å². The number of hydrogen-bond donors (Lipinski definition) is 0. The second-order valence-corrected chi connectivity index (χ2v) is 7.84. The fourth-order valence-corrected chi connectivity index (χ4v) is 3.77. The molecule has 158 valence electrons. The number of rotatable bonds is 9. The second-order valence-electron chi connectivity index (χ2n) is 6.39. The molecule has 3 aromatic rings. The van der Waals surface area contributed by atoms with Crippen LogP contribution in [0.1, 0.15) is 12.7 Å². The Morgan fingerprint density at radius 2 is 1.94 bits per heavy atom. The summed E-state index contributed by atoms with van der Waals surface area (Å²) < 4.78 is 12.9. The third-order valence-electron chi connectivity index (χ3n) is 4.47. The van der Waals surface area contributed by atoms with E-state index >= 15 is 0 Å². The van der Waals surface area contributed by atoms with E-state index in [2.05, 4.69) is 11.7 Å². The molecule has 0 fully saturated rings. The monoisotopic (exact) mass is 450 g/mol. The first-order valence-corrected chi connectivity index (χ1v) is 10.9. The van der Waals surface area contributed by atoms with E-state index in [0.29, 0.717) is 23.0 Å². The first kappa shape index (κ1) is 22.5. The standard InChI is InChI=1S/C24H22N2O3S2/c1-4-28-18-11-9-17(10-12-18)26(3)24(27)23(31-16-30)15-19-13-14-22(29-19)20-7-5-6-8-21(20)25-2/h5-16H,2,4H2,1,3H3/b23-15+. The minimum Gasteiger partial charge on any atom is -0.494 e. The smallest absolute Gasteiger partial charge is 0.264 e. The molecule has 0 saturated carbocycles. The highest BCUT2D eigenvalue weighted by Crippen LogP contribution is 2.32. The number of nitrogens with zero attached hydrogens (tertiary/aromatic N) is 2. The van der Waals surface area contributed by atoms with E-state index in [1.54, 1.807) is 18.0 Å². The normalized spacial score (nSPS) is 11.1. The predicted molar refractivity (Wildman–Crippen MR) is 134 cm³/mol. The van der Waals surface area contributed by atoms with Crippen LogP contribution in [0.25, 0.3) is 17.4 Å². The zero-order chi connectivity index (χ0) is 22.2. The number of likely N-dealkylation sites (N-methyl/N-ethyl adjacent to an activating group) is 1. The number of thioether (sulfide) groups is 1. The van der Waals surface area contributed by atoms with Crippen molar-refractivity contribution in [2.75, 3.05) is 18.6 Å². The average molecular weight is 451 g/mol. The molecule has 7 heteroatoms. The van der Waals surface area contributed by atoms with Crippen molar-refractivity contribution in [3.05, 3.63) is 71.3 Å². The molecule has 0 aliphatic heterocycles. The Morgan fingerprint density at radius 3 is 2.61 bits per heavy atom. The highest BCUT2D eigenvalue weighted by molar-refractivity contribution is 8.24. The number of thiocarbonyl (C=S) groups is 1. The lowest BCUT2D eigenvalue weighted by molar-refractivity contribution is -0.114. The number of hydrogen-bond acceptors (Lipinski definition) is 6. The number of amides is 1. The topological polar surface area (TPSA) is 55.0 Å². The quantitative estimate of drug-likeness (QED) is 0.215. The van der Waals surface area contributed by atoms with E-state index in [-0.39, 0.29) is 5.91 Å². The number of furan rings is 1. The van der Waals surface area contributed by atoms with Gasteiger partial charge in [-0.1, -0.05) is 36.1 Å². The van der Waals surface area contributed by atoms with Gasteiger partial charge in [0.05, 0.1) is 17.2 Å². The second kappa shape index (κ2) is 10.7. The van der Waals surface area contributed by atoms with E-state index in [1.165, 1.54) is 16.5 Å². The molecule has 3 rings (SSSR count). The Balaban J connectivity index is 1.86. The first-order valence-electron chi connectivity index (χ1n) is 9.56. The van der Waals surface area contributed by atoms with E-state index in [9.17, 15) is 4.79 Å². The highest BCUT2D eigenvalue weighted by Gasteiger charge is 2.18. The molecule has 1 heterocycles. The number of anilines is 1. The van der Waals surface area contributed by atoms with Crippen LogP contribution in [-0.4, -0.2) is 31.0 Å². The van der Waals surface area contributed by atoms with Gasteiger partial charge in [-0.05, 0) is 62.2 Å². The minimum atomic E-state index is -0.193. The molecule has 31 heavy (non-hydrogen) atoms. The van der Waals surface area contributed by atoms with Gasteiger partial charge in [-0.15, -0.1) is 0 Å². The van der Waals surface area contributed by atoms with Gasteiger partial charge in [0.2, 0.25) is 0 Å². The molecule has 1 aromatic heterocycles. The van der Waals surface area contributed by atoms with Crippen molar-refractivity contribution >= 4 is 58.8 Å². The average Bonchev–Trinajstić information content (AvgIpc) is 3.27. The van der Waals surface area contributed by atoms with Crippen LogP contribution in [0, 0.1) is 0 Å². The Kier molecular flexibility index (Phi) is 7.81. The van der Waals surface area contributed by atoms with E-state index < -0.39 is 0 Å².